The van der Waals surface area contributed by atoms with Gasteiger partial charge in [-0.2, -0.15) is 5.10 Å². The summed E-state index contributed by atoms with van der Waals surface area (Å²) < 4.78 is 25.2. The second-order valence-corrected chi connectivity index (χ2v) is 10.6. The van der Waals surface area contributed by atoms with Crippen molar-refractivity contribution < 1.29 is 13.2 Å². The number of amides is 1. The number of rotatable bonds is 5. The molecule has 3 aromatic rings. The van der Waals surface area contributed by atoms with E-state index in [9.17, 15) is 13.2 Å². The van der Waals surface area contributed by atoms with Crippen LogP contribution in [0, 0.1) is 13.8 Å². The molecule has 4 rings (SSSR count). The summed E-state index contributed by atoms with van der Waals surface area (Å²) in [6.07, 6.45) is 2.68. The maximum Gasteiger partial charge on any atom is 0.255 e. The molecular formula is C24H27N3O3S. The molecular weight excluding hydrogens is 410 g/mol. The molecule has 0 aliphatic carbocycles. The number of aromatic nitrogens is 2. The van der Waals surface area contributed by atoms with Crippen LogP contribution in [-0.4, -0.2) is 41.7 Å². The van der Waals surface area contributed by atoms with E-state index >= 15 is 0 Å². The van der Waals surface area contributed by atoms with Crippen LogP contribution in [-0.2, 0) is 16.4 Å². The SMILES string of the molecule is Cc1ccc(-c2nn(Cc3ccccc3)cc2C(=O)NC2CCS(=O)(=O)CC2)cc1C. The largest absolute Gasteiger partial charge is 0.349 e. The zero-order valence-electron chi connectivity index (χ0n) is 17.8. The van der Waals surface area contributed by atoms with Crippen LogP contribution in [0.4, 0.5) is 0 Å². The minimum Gasteiger partial charge on any atom is -0.349 e. The van der Waals surface area contributed by atoms with Gasteiger partial charge in [0.25, 0.3) is 5.91 Å². The van der Waals surface area contributed by atoms with E-state index < -0.39 is 9.84 Å². The molecule has 1 fully saturated rings. The lowest BCUT2D eigenvalue weighted by Crippen LogP contribution is -2.40. The Labute approximate surface area is 183 Å². The van der Waals surface area contributed by atoms with Crippen molar-refractivity contribution in [3.05, 3.63) is 77.0 Å². The molecule has 162 valence electrons. The van der Waals surface area contributed by atoms with Crippen molar-refractivity contribution in [2.75, 3.05) is 11.5 Å². The number of hydrogen-bond acceptors (Lipinski definition) is 4. The van der Waals surface area contributed by atoms with E-state index in [1.54, 1.807) is 10.9 Å². The summed E-state index contributed by atoms with van der Waals surface area (Å²) in [5.74, 6) is 0.0293. The molecule has 0 bridgehead atoms. The Bertz CT molecular complexity index is 1190. The first-order chi connectivity index (χ1) is 14.8. The zero-order chi connectivity index (χ0) is 22.0. The highest BCUT2D eigenvalue weighted by Crippen LogP contribution is 2.25. The third-order valence-electron chi connectivity index (χ3n) is 5.86. The third-order valence-corrected chi connectivity index (χ3v) is 7.58. The van der Waals surface area contributed by atoms with Crippen molar-refractivity contribution in [1.82, 2.24) is 15.1 Å². The Morgan fingerprint density at radius 1 is 1.06 bits per heavy atom. The van der Waals surface area contributed by atoms with Gasteiger partial charge < -0.3 is 5.32 Å². The predicted molar refractivity (Wildman–Crippen MR) is 122 cm³/mol. The first kappa shape index (κ1) is 21.3. The van der Waals surface area contributed by atoms with Crippen molar-refractivity contribution >= 4 is 15.7 Å². The molecule has 0 radical (unpaired) electrons. The monoisotopic (exact) mass is 437 g/mol. The van der Waals surface area contributed by atoms with Gasteiger partial charge in [-0.15, -0.1) is 0 Å². The van der Waals surface area contributed by atoms with Gasteiger partial charge in [0, 0.05) is 17.8 Å². The Balaban J connectivity index is 1.64. The topological polar surface area (TPSA) is 81.1 Å². The smallest absolute Gasteiger partial charge is 0.255 e. The van der Waals surface area contributed by atoms with Gasteiger partial charge in [0.1, 0.15) is 15.5 Å². The molecule has 1 saturated heterocycles. The van der Waals surface area contributed by atoms with Gasteiger partial charge in [-0.1, -0.05) is 42.5 Å². The minimum atomic E-state index is -2.97. The molecule has 0 unspecified atom stereocenters. The van der Waals surface area contributed by atoms with Crippen molar-refractivity contribution in [1.29, 1.82) is 0 Å². The van der Waals surface area contributed by atoms with E-state index in [2.05, 4.69) is 18.3 Å². The maximum absolute atomic E-state index is 13.2. The highest BCUT2D eigenvalue weighted by molar-refractivity contribution is 7.91. The molecule has 0 saturated carbocycles. The standard InChI is InChI=1S/C24H27N3O3S/c1-17-8-9-20(14-18(17)2)23-22(16-27(26-23)15-19-6-4-3-5-7-19)24(28)25-21-10-12-31(29,30)13-11-21/h3-9,14,16,21H,10-13,15H2,1-2H3,(H,25,28). The summed E-state index contributed by atoms with van der Waals surface area (Å²) in [6.45, 7) is 4.66. The van der Waals surface area contributed by atoms with Crippen LogP contribution in [0.2, 0.25) is 0 Å². The zero-order valence-corrected chi connectivity index (χ0v) is 18.7. The molecule has 6 nitrogen and oxygen atoms in total. The van der Waals surface area contributed by atoms with Crippen LogP contribution in [0.5, 0.6) is 0 Å². The predicted octanol–water partition coefficient (Wildman–Crippen LogP) is 3.52. The van der Waals surface area contributed by atoms with Crippen molar-refractivity contribution in [2.24, 2.45) is 0 Å². The van der Waals surface area contributed by atoms with Crippen molar-refractivity contribution in [2.45, 2.75) is 39.3 Å². The molecule has 31 heavy (non-hydrogen) atoms. The molecule has 1 aliphatic heterocycles. The Morgan fingerprint density at radius 2 is 1.77 bits per heavy atom. The summed E-state index contributed by atoms with van der Waals surface area (Å²) in [5, 5.41) is 7.77. The number of carbonyl (C=O) groups excluding carboxylic acids is 1. The fourth-order valence-electron chi connectivity index (χ4n) is 3.84. The van der Waals surface area contributed by atoms with E-state index in [-0.39, 0.29) is 23.5 Å². The maximum atomic E-state index is 13.2. The van der Waals surface area contributed by atoms with Crippen LogP contribution >= 0.6 is 0 Å². The lowest BCUT2D eigenvalue weighted by Gasteiger charge is -2.23. The Morgan fingerprint density at radius 3 is 2.45 bits per heavy atom. The molecule has 1 amide bonds. The molecule has 2 aromatic carbocycles. The fraction of sp³-hybridized carbons (Fsp3) is 0.333. The number of hydrogen-bond donors (Lipinski definition) is 1. The highest BCUT2D eigenvalue weighted by atomic mass is 32.2. The third kappa shape index (κ3) is 5.05. The Hall–Kier alpha value is -2.93. The Kier molecular flexibility index (Phi) is 5.96. The van der Waals surface area contributed by atoms with Gasteiger partial charge in [-0.3, -0.25) is 9.48 Å². The van der Waals surface area contributed by atoms with E-state index in [0.29, 0.717) is 30.6 Å². The van der Waals surface area contributed by atoms with E-state index in [4.69, 9.17) is 5.10 Å². The molecule has 0 spiro atoms. The molecule has 2 heterocycles. The summed E-state index contributed by atoms with van der Waals surface area (Å²) in [6, 6.07) is 15.9. The molecule has 0 atom stereocenters. The van der Waals surface area contributed by atoms with Crippen LogP contribution in [0.1, 0.15) is 39.9 Å². The summed E-state index contributed by atoms with van der Waals surface area (Å²) >= 11 is 0. The normalized spacial score (nSPS) is 16.2. The van der Waals surface area contributed by atoms with Crippen LogP contribution < -0.4 is 5.32 Å². The van der Waals surface area contributed by atoms with Crippen molar-refractivity contribution in [3.63, 3.8) is 0 Å². The van der Waals surface area contributed by atoms with Gasteiger partial charge >= 0.3 is 0 Å². The summed E-state index contributed by atoms with van der Waals surface area (Å²) in [7, 11) is -2.97. The quantitative estimate of drug-likeness (QED) is 0.662. The van der Waals surface area contributed by atoms with E-state index in [0.717, 1.165) is 16.7 Å². The molecule has 7 heteroatoms. The second-order valence-electron chi connectivity index (χ2n) is 8.27. The van der Waals surface area contributed by atoms with Gasteiger partial charge in [-0.05, 0) is 49.4 Å². The average molecular weight is 438 g/mol. The summed E-state index contributed by atoms with van der Waals surface area (Å²) in [4.78, 5) is 13.2. The summed E-state index contributed by atoms with van der Waals surface area (Å²) in [5.41, 5.74) is 5.46. The highest BCUT2D eigenvalue weighted by Gasteiger charge is 2.27. The molecule has 1 aromatic heterocycles. The second kappa shape index (κ2) is 8.67. The van der Waals surface area contributed by atoms with Gasteiger partial charge in [-0.25, -0.2) is 8.42 Å². The van der Waals surface area contributed by atoms with Crippen molar-refractivity contribution in [3.8, 4) is 11.3 Å². The van der Waals surface area contributed by atoms with Gasteiger partial charge in [0.2, 0.25) is 0 Å². The number of carbonyl (C=O) groups is 1. The molecule has 1 N–H and O–H groups in total. The van der Waals surface area contributed by atoms with E-state index in [1.807, 2.05) is 49.4 Å². The molecule has 1 aliphatic rings. The van der Waals surface area contributed by atoms with Crippen LogP contribution in [0.15, 0.2) is 54.7 Å². The lowest BCUT2D eigenvalue weighted by atomic mass is 10.0. The number of nitrogens with zero attached hydrogens (tertiary/aromatic N) is 2. The lowest BCUT2D eigenvalue weighted by molar-refractivity contribution is 0.0935. The number of aryl methyl sites for hydroxylation is 2. The number of benzene rings is 2. The fourth-order valence-corrected chi connectivity index (χ4v) is 5.33. The van der Waals surface area contributed by atoms with Gasteiger partial charge in [0.05, 0.1) is 23.6 Å². The first-order valence-electron chi connectivity index (χ1n) is 10.5. The van der Waals surface area contributed by atoms with Crippen LogP contribution in [0.3, 0.4) is 0 Å². The van der Waals surface area contributed by atoms with Gasteiger partial charge in [0.15, 0.2) is 0 Å². The number of nitrogens with one attached hydrogen (secondary N) is 1. The van der Waals surface area contributed by atoms with E-state index in [1.165, 1.54) is 5.56 Å². The number of sulfone groups is 1. The minimum absolute atomic E-state index is 0.120. The first-order valence-corrected chi connectivity index (χ1v) is 12.3. The average Bonchev–Trinajstić information content (AvgIpc) is 3.16. The van der Waals surface area contributed by atoms with Crippen LogP contribution in [0.25, 0.3) is 11.3 Å².